The van der Waals surface area contributed by atoms with Gasteiger partial charge in [0, 0.05) is 30.5 Å². The highest BCUT2D eigenvalue weighted by atomic mass is 32.2. The minimum Gasteiger partial charge on any atom is -0.363 e. The molecule has 2 unspecified atom stereocenters. The van der Waals surface area contributed by atoms with Gasteiger partial charge < -0.3 is 10.3 Å². The lowest BCUT2D eigenvalue weighted by Crippen LogP contribution is -2.26. The van der Waals surface area contributed by atoms with E-state index in [1.54, 1.807) is 12.3 Å². The molecule has 1 aliphatic carbocycles. The maximum Gasteiger partial charge on any atom is 0.242 e. The molecule has 5 nitrogen and oxygen atoms in total. The summed E-state index contributed by atoms with van der Waals surface area (Å²) in [6.45, 7) is 6.79. The van der Waals surface area contributed by atoms with Crippen LogP contribution in [0.1, 0.15) is 32.9 Å². The Bertz CT molecular complexity index is 507. The fourth-order valence-corrected chi connectivity index (χ4v) is 3.12. The molecule has 0 amide bonds. The Kier molecular flexibility index (Phi) is 3.79. The normalized spacial score (nSPS) is 23.6. The van der Waals surface area contributed by atoms with Gasteiger partial charge in [-0.25, -0.2) is 13.1 Å². The Morgan fingerprint density at radius 1 is 1.50 bits per heavy atom. The van der Waals surface area contributed by atoms with Gasteiger partial charge in [0.15, 0.2) is 0 Å². The quantitative estimate of drug-likeness (QED) is 0.728. The van der Waals surface area contributed by atoms with E-state index in [2.05, 4.69) is 28.9 Å². The van der Waals surface area contributed by atoms with E-state index < -0.39 is 10.0 Å². The number of aromatic nitrogens is 1. The van der Waals surface area contributed by atoms with Crippen molar-refractivity contribution in [3.8, 4) is 0 Å². The number of aromatic amines is 1. The molecule has 3 N–H and O–H groups in total. The number of hydrogen-bond donors (Lipinski definition) is 3. The lowest BCUT2D eigenvalue weighted by atomic mass is 10.3. The van der Waals surface area contributed by atoms with Crippen LogP contribution in [-0.2, 0) is 16.6 Å². The lowest BCUT2D eigenvalue weighted by molar-refractivity contribution is 0.578. The van der Waals surface area contributed by atoms with Crippen LogP contribution in [0.4, 0.5) is 0 Å². The van der Waals surface area contributed by atoms with E-state index in [4.69, 9.17) is 0 Å². The van der Waals surface area contributed by atoms with Crippen molar-refractivity contribution in [2.24, 2.45) is 5.92 Å². The average molecular weight is 271 g/mol. The third kappa shape index (κ3) is 3.34. The van der Waals surface area contributed by atoms with Crippen molar-refractivity contribution >= 4 is 10.0 Å². The highest BCUT2D eigenvalue weighted by Gasteiger charge is 2.36. The topological polar surface area (TPSA) is 74.0 Å². The molecule has 1 aliphatic rings. The second-order valence-electron chi connectivity index (χ2n) is 5.34. The van der Waals surface area contributed by atoms with Gasteiger partial charge in [0.2, 0.25) is 10.0 Å². The number of rotatable bonds is 6. The summed E-state index contributed by atoms with van der Waals surface area (Å²) in [6, 6.07) is 2.17. The third-order valence-electron chi connectivity index (χ3n) is 3.14. The van der Waals surface area contributed by atoms with Crippen LogP contribution < -0.4 is 10.0 Å². The van der Waals surface area contributed by atoms with Crippen LogP contribution in [0.5, 0.6) is 0 Å². The van der Waals surface area contributed by atoms with Crippen LogP contribution in [0.25, 0.3) is 0 Å². The van der Waals surface area contributed by atoms with Gasteiger partial charge in [-0.3, -0.25) is 0 Å². The molecule has 1 saturated carbocycles. The van der Waals surface area contributed by atoms with Crippen molar-refractivity contribution in [3.63, 3.8) is 0 Å². The molecule has 0 aliphatic heterocycles. The first kappa shape index (κ1) is 13.6. The number of H-pyrrole nitrogens is 1. The van der Waals surface area contributed by atoms with Gasteiger partial charge in [0.25, 0.3) is 0 Å². The Labute approximate surface area is 108 Å². The molecule has 0 radical (unpaired) electrons. The van der Waals surface area contributed by atoms with E-state index in [1.165, 1.54) is 0 Å². The van der Waals surface area contributed by atoms with Crippen LogP contribution in [0.2, 0.25) is 0 Å². The summed E-state index contributed by atoms with van der Waals surface area (Å²) in [4.78, 5) is 3.31. The van der Waals surface area contributed by atoms with Gasteiger partial charge in [-0.2, -0.15) is 0 Å². The molecule has 1 heterocycles. The van der Waals surface area contributed by atoms with Crippen LogP contribution in [0.15, 0.2) is 17.2 Å². The number of hydrogen-bond acceptors (Lipinski definition) is 3. The maximum absolute atomic E-state index is 12.0. The molecule has 6 heteroatoms. The largest absolute Gasteiger partial charge is 0.363 e. The molecular formula is C12H21N3O2S. The Morgan fingerprint density at radius 3 is 2.72 bits per heavy atom. The molecule has 1 aromatic heterocycles. The summed E-state index contributed by atoms with van der Waals surface area (Å²) >= 11 is 0. The Morgan fingerprint density at radius 2 is 2.17 bits per heavy atom. The molecule has 0 saturated heterocycles. The molecule has 18 heavy (non-hydrogen) atoms. The first-order valence-corrected chi connectivity index (χ1v) is 7.80. The van der Waals surface area contributed by atoms with E-state index in [9.17, 15) is 8.42 Å². The van der Waals surface area contributed by atoms with Crippen molar-refractivity contribution < 1.29 is 8.42 Å². The van der Waals surface area contributed by atoms with Gasteiger partial charge in [0.1, 0.15) is 0 Å². The van der Waals surface area contributed by atoms with Crippen molar-refractivity contribution in [1.29, 1.82) is 0 Å². The van der Waals surface area contributed by atoms with E-state index in [0.29, 0.717) is 23.4 Å². The summed E-state index contributed by atoms with van der Waals surface area (Å²) in [5, 5.41) is 3.24. The van der Waals surface area contributed by atoms with E-state index in [0.717, 1.165) is 12.1 Å². The first-order valence-electron chi connectivity index (χ1n) is 6.31. The highest BCUT2D eigenvalue weighted by Crippen LogP contribution is 2.30. The van der Waals surface area contributed by atoms with Gasteiger partial charge in [-0.1, -0.05) is 20.8 Å². The van der Waals surface area contributed by atoms with Crippen LogP contribution in [-0.4, -0.2) is 25.5 Å². The molecule has 2 rings (SSSR count). The second-order valence-corrected chi connectivity index (χ2v) is 7.05. The summed E-state index contributed by atoms with van der Waals surface area (Å²) in [5.74, 6) is 0.459. The summed E-state index contributed by atoms with van der Waals surface area (Å²) in [6.07, 6.45) is 2.48. The molecule has 0 bridgehead atoms. The van der Waals surface area contributed by atoms with Crippen molar-refractivity contribution in [2.75, 3.05) is 0 Å². The Balaban J connectivity index is 2.00. The van der Waals surface area contributed by atoms with Gasteiger partial charge in [-0.15, -0.1) is 0 Å². The average Bonchev–Trinajstić information content (AvgIpc) is 2.81. The zero-order chi connectivity index (χ0) is 13.3. The zero-order valence-corrected chi connectivity index (χ0v) is 11.8. The second kappa shape index (κ2) is 5.03. The lowest BCUT2D eigenvalue weighted by Gasteiger charge is -2.05. The maximum atomic E-state index is 12.0. The minimum absolute atomic E-state index is 0.113. The third-order valence-corrected chi connectivity index (χ3v) is 4.61. The molecular weight excluding hydrogens is 250 g/mol. The summed E-state index contributed by atoms with van der Waals surface area (Å²) in [5.41, 5.74) is 0.882. The highest BCUT2D eigenvalue weighted by molar-refractivity contribution is 7.89. The van der Waals surface area contributed by atoms with Gasteiger partial charge >= 0.3 is 0 Å². The number of nitrogens with one attached hydrogen (secondary N) is 3. The standard InChI is InChI=1S/C12H21N3O2S/c1-8(2)13-6-10-5-11(7-14-10)18(16,17)15-12-4-9(12)3/h5,7-9,12-15H,4,6H2,1-3H3. The van der Waals surface area contributed by atoms with E-state index in [1.807, 2.05) is 6.92 Å². The Hall–Kier alpha value is -0.850. The predicted octanol–water partition coefficient (Wildman–Crippen LogP) is 1.20. The first-order chi connectivity index (χ1) is 8.38. The van der Waals surface area contributed by atoms with Crippen molar-refractivity contribution in [2.45, 2.75) is 50.7 Å². The predicted molar refractivity (Wildman–Crippen MR) is 70.7 cm³/mol. The van der Waals surface area contributed by atoms with E-state index in [-0.39, 0.29) is 6.04 Å². The molecule has 2 atom stereocenters. The van der Waals surface area contributed by atoms with E-state index >= 15 is 0 Å². The van der Waals surface area contributed by atoms with Crippen LogP contribution in [0, 0.1) is 5.92 Å². The van der Waals surface area contributed by atoms with Crippen LogP contribution in [0.3, 0.4) is 0 Å². The summed E-state index contributed by atoms with van der Waals surface area (Å²) < 4.78 is 26.8. The van der Waals surface area contributed by atoms with Crippen molar-refractivity contribution in [1.82, 2.24) is 15.0 Å². The molecule has 1 aromatic rings. The molecule has 0 spiro atoms. The van der Waals surface area contributed by atoms with Crippen molar-refractivity contribution in [3.05, 3.63) is 18.0 Å². The van der Waals surface area contributed by atoms with Gasteiger partial charge in [-0.05, 0) is 18.4 Å². The molecule has 0 aromatic carbocycles. The van der Waals surface area contributed by atoms with Gasteiger partial charge in [0.05, 0.1) is 4.90 Å². The summed E-state index contributed by atoms with van der Waals surface area (Å²) in [7, 11) is -3.36. The number of sulfonamides is 1. The fraction of sp³-hybridized carbons (Fsp3) is 0.667. The zero-order valence-electron chi connectivity index (χ0n) is 11.0. The smallest absolute Gasteiger partial charge is 0.242 e. The van der Waals surface area contributed by atoms with Crippen LogP contribution >= 0.6 is 0 Å². The molecule has 1 fully saturated rings. The fourth-order valence-electron chi connectivity index (χ4n) is 1.74. The minimum atomic E-state index is -3.36. The SMILES string of the molecule is CC(C)NCc1cc(S(=O)(=O)NC2CC2C)c[nH]1. The molecule has 102 valence electrons. The monoisotopic (exact) mass is 271 g/mol.